The highest BCUT2D eigenvalue weighted by molar-refractivity contribution is 5.96. The molecule has 4 nitrogen and oxygen atoms in total. The quantitative estimate of drug-likeness (QED) is 0.865. The maximum absolute atomic E-state index is 12.0. The first-order valence-corrected chi connectivity index (χ1v) is 5.00. The van der Waals surface area contributed by atoms with E-state index in [4.69, 9.17) is 11.5 Å². The van der Waals surface area contributed by atoms with Crippen LogP contribution < -0.4 is 16.2 Å². The van der Waals surface area contributed by atoms with Gasteiger partial charge in [0.05, 0.1) is 23.1 Å². The van der Waals surface area contributed by atoms with Gasteiger partial charge in [-0.25, -0.2) is 0 Å². The van der Waals surface area contributed by atoms with Gasteiger partial charge in [-0.3, -0.25) is 4.98 Å². The SMILES string of the molecule is Nc1cnc2ccc(OCC(F)(F)F)cc2c1N. The van der Waals surface area contributed by atoms with Gasteiger partial charge in [0.1, 0.15) is 5.75 Å². The predicted octanol–water partition coefficient (Wildman–Crippen LogP) is 2.34. The summed E-state index contributed by atoms with van der Waals surface area (Å²) in [7, 11) is 0. The van der Waals surface area contributed by atoms with E-state index >= 15 is 0 Å². The van der Waals surface area contributed by atoms with Crippen molar-refractivity contribution in [1.82, 2.24) is 4.98 Å². The van der Waals surface area contributed by atoms with Crippen LogP contribution in [0.5, 0.6) is 5.75 Å². The molecule has 0 fully saturated rings. The van der Waals surface area contributed by atoms with Crippen LogP contribution in [-0.2, 0) is 0 Å². The molecule has 0 aliphatic rings. The molecular weight excluding hydrogens is 247 g/mol. The summed E-state index contributed by atoms with van der Waals surface area (Å²) in [5.41, 5.74) is 12.4. The lowest BCUT2D eigenvalue weighted by molar-refractivity contribution is -0.153. The van der Waals surface area contributed by atoms with Crippen LogP contribution in [0.1, 0.15) is 0 Å². The fraction of sp³-hybridized carbons (Fsp3) is 0.182. The van der Waals surface area contributed by atoms with Crippen molar-refractivity contribution >= 4 is 22.3 Å². The zero-order valence-electron chi connectivity index (χ0n) is 9.16. The molecule has 0 saturated carbocycles. The van der Waals surface area contributed by atoms with Gasteiger partial charge in [-0.1, -0.05) is 0 Å². The number of halogens is 3. The average Bonchev–Trinajstić information content (AvgIpc) is 2.31. The van der Waals surface area contributed by atoms with Crippen molar-refractivity contribution in [2.45, 2.75) is 6.18 Å². The lowest BCUT2D eigenvalue weighted by Crippen LogP contribution is -2.19. The van der Waals surface area contributed by atoms with Crippen molar-refractivity contribution < 1.29 is 17.9 Å². The lowest BCUT2D eigenvalue weighted by Gasteiger charge is -2.10. The molecular formula is C11H10F3N3O. The number of hydrogen-bond acceptors (Lipinski definition) is 4. The van der Waals surface area contributed by atoms with Crippen molar-refractivity contribution in [3.05, 3.63) is 24.4 Å². The Balaban J connectivity index is 2.35. The molecule has 96 valence electrons. The number of hydrogen-bond donors (Lipinski definition) is 2. The molecule has 4 N–H and O–H groups in total. The van der Waals surface area contributed by atoms with E-state index in [9.17, 15) is 13.2 Å². The predicted molar refractivity (Wildman–Crippen MR) is 62.1 cm³/mol. The van der Waals surface area contributed by atoms with E-state index in [0.29, 0.717) is 10.9 Å². The molecule has 2 aromatic rings. The summed E-state index contributed by atoms with van der Waals surface area (Å²) in [6.07, 6.45) is -2.98. The normalized spacial score (nSPS) is 11.7. The molecule has 0 unspecified atom stereocenters. The third-order valence-electron chi connectivity index (χ3n) is 2.31. The topological polar surface area (TPSA) is 74.2 Å². The number of fused-ring (bicyclic) bond motifs is 1. The van der Waals surface area contributed by atoms with E-state index in [1.807, 2.05) is 0 Å². The molecule has 0 radical (unpaired) electrons. The van der Waals surface area contributed by atoms with E-state index in [2.05, 4.69) is 9.72 Å². The molecule has 0 bridgehead atoms. The Morgan fingerprint density at radius 1 is 1.22 bits per heavy atom. The summed E-state index contributed by atoms with van der Waals surface area (Å²) in [6, 6.07) is 4.31. The highest BCUT2D eigenvalue weighted by atomic mass is 19.4. The first-order chi connectivity index (χ1) is 8.37. The standard InChI is InChI=1S/C11H10F3N3O/c12-11(13,14)5-18-6-1-2-9-7(3-6)10(16)8(15)4-17-9/h1-4H,5,15H2,(H2,16,17). The van der Waals surface area contributed by atoms with Crippen LogP contribution in [0, 0.1) is 0 Å². The van der Waals surface area contributed by atoms with E-state index in [1.165, 1.54) is 24.4 Å². The minimum absolute atomic E-state index is 0.0684. The summed E-state index contributed by atoms with van der Waals surface area (Å²) >= 11 is 0. The Labute approximate surface area is 100 Å². The second-order valence-electron chi connectivity index (χ2n) is 3.71. The van der Waals surface area contributed by atoms with Gasteiger partial charge in [-0.15, -0.1) is 0 Å². The number of aromatic nitrogens is 1. The number of pyridine rings is 1. The Morgan fingerprint density at radius 2 is 1.94 bits per heavy atom. The summed E-state index contributed by atoms with van der Waals surface area (Å²) in [6.45, 7) is -1.35. The summed E-state index contributed by atoms with van der Waals surface area (Å²) in [5.74, 6) is 0.0684. The number of rotatable bonds is 2. The van der Waals surface area contributed by atoms with Crippen molar-refractivity contribution in [3.63, 3.8) is 0 Å². The van der Waals surface area contributed by atoms with Crippen molar-refractivity contribution in [2.75, 3.05) is 18.1 Å². The van der Waals surface area contributed by atoms with Crippen LogP contribution in [0.15, 0.2) is 24.4 Å². The molecule has 0 atom stereocenters. The fourth-order valence-electron chi connectivity index (χ4n) is 1.46. The van der Waals surface area contributed by atoms with Crippen molar-refractivity contribution in [1.29, 1.82) is 0 Å². The van der Waals surface area contributed by atoms with Gasteiger partial charge >= 0.3 is 6.18 Å². The summed E-state index contributed by atoms with van der Waals surface area (Å²) in [4.78, 5) is 4.01. The second kappa shape index (κ2) is 4.25. The van der Waals surface area contributed by atoms with Gasteiger partial charge in [0.2, 0.25) is 0 Å². The minimum atomic E-state index is -4.38. The molecule has 0 spiro atoms. The number of anilines is 2. The maximum Gasteiger partial charge on any atom is 0.422 e. The minimum Gasteiger partial charge on any atom is -0.484 e. The van der Waals surface area contributed by atoms with E-state index in [1.54, 1.807) is 0 Å². The van der Waals surface area contributed by atoms with E-state index < -0.39 is 12.8 Å². The molecule has 7 heteroatoms. The molecule has 0 saturated heterocycles. The zero-order chi connectivity index (χ0) is 13.3. The highest BCUT2D eigenvalue weighted by Crippen LogP contribution is 2.28. The Hall–Kier alpha value is -2.18. The van der Waals surface area contributed by atoms with Crippen molar-refractivity contribution in [2.24, 2.45) is 0 Å². The molecule has 0 aliphatic carbocycles. The van der Waals surface area contributed by atoms with Gasteiger partial charge < -0.3 is 16.2 Å². The monoisotopic (exact) mass is 257 g/mol. The number of benzene rings is 1. The Bertz CT molecular complexity index is 583. The number of nitrogen functional groups attached to an aromatic ring is 2. The van der Waals surface area contributed by atoms with Crippen LogP contribution in [0.25, 0.3) is 10.9 Å². The molecule has 1 heterocycles. The Morgan fingerprint density at radius 3 is 2.61 bits per heavy atom. The van der Waals surface area contributed by atoms with Gasteiger partial charge in [-0.2, -0.15) is 13.2 Å². The summed E-state index contributed by atoms with van der Waals surface area (Å²) < 4.78 is 40.7. The van der Waals surface area contributed by atoms with Crippen LogP contribution in [0.3, 0.4) is 0 Å². The van der Waals surface area contributed by atoms with Gasteiger partial charge in [0.25, 0.3) is 0 Å². The largest absolute Gasteiger partial charge is 0.484 e. The first-order valence-electron chi connectivity index (χ1n) is 5.00. The third-order valence-corrected chi connectivity index (χ3v) is 2.31. The van der Waals surface area contributed by atoms with Gasteiger partial charge in [0.15, 0.2) is 6.61 Å². The highest BCUT2D eigenvalue weighted by Gasteiger charge is 2.28. The van der Waals surface area contributed by atoms with E-state index in [0.717, 1.165) is 0 Å². The average molecular weight is 257 g/mol. The molecule has 18 heavy (non-hydrogen) atoms. The summed E-state index contributed by atoms with van der Waals surface area (Å²) in [5, 5.41) is 0.467. The van der Waals surface area contributed by atoms with Gasteiger partial charge in [-0.05, 0) is 18.2 Å². The number of nitrogens with two attached hydrogens (primary N) is 2. The van der Waals surface area contributed by atoms with Gasteiger partial charge in [0, 0.05) is 5.39 Å². The number of alkyl halides is 3. The first kappa shape index (κ1) is 12.3. The molecule has 1 aromatic heterocycles. The molecule has 0 amide bonds. The maximum atomic E-state index is 12.0. The van der Waals surface area contributed by atoms with Crippen molar-refractivity contribution in [3.8, 4) is 5.75 Å². The van der Waals surface area contributed by atoms with Crippen LogP contribution in [0.4, 0.5) is 24.5 Å². The second-order valence-corrected chi connectivity index (χ2v) is 3.71. The van der Waals surface area contributed by atoms with Crippen LogP contribution in [-0.4, -0.2) is 17.8 Å². The van der Waals surface area contributed by atoms with Crippen LogP contribution in [0.2, 0.25) is 0 Å². The van der Waals surface area contributed by atoms with Crippen LogP contribution >= 0.6 is 0 Å². The molecule has 2 rings (SSSR count). The van der Waals surface area contributed by atoms with E-state index in [-0.39, 0.29) is 17.1 Å². The zero-order valence-corrected chi connectivity index (χ0v) is 9.16. The number of ether oxygens (including phenoxy) is 1. The fourth-order valence-corrected chi connectivity index (χ4v) is 1.46. The lowest BCUT2D eigenvalue weighted by atomic mass is 10.1. The third kappa shape index (κ3) is 2.55. The smallest absolute Gasteiger partial charge is 0.422 e. The number of nitrogens with zero attached hydrogens (tertiary/aromatic N) is 1. The molecule has 1 aromatic carbocycles. The Kier molecular flexibility index (Phi) is 2.90. The molecule has 0 aliphatic heterocycles.